The number of anilines is 1. The summed E-state index contributed by atoms with van der Waals surface area (Å²) in [6, 6.07) is 15.5. The summed E-state index contributed by atoms with van der Waals surface area (Å²) in [4.78, 5) is 2.49. The molecule has 2 N–H and O–H groups in total. The summed E-state index contributed by atoms with van der Waals surface area (Å²) in [7, 11) is 0. The van der Waals surface area contributed by atoms with Crippen molar-refractivity contribution < 1.29 is 0 Å². The zero-order valence-corrected chi connectivity index (χ0v) is 12.1. The molecule has 0 aliphatic carbocycles. The molecule has 0 radical (unpaired) electrons. The number of nitrogens with two attached hydrogens (primary N) is 1. The van der Waals surface area contributed by atoms with E-state index in [1.54, 1.807) is 0 Å². The van der Waals surface area contributed by atoms with Crippen LogP contribution in [0.1, 0.15) is 22.3 Å². The van der Waals surface area contributed by atoms with Crippen molar-refractivity contribution in [1.82, 2.24) is 0 Å². The minimum Gasteiger partial charge on any atom is -0.371 e. The van der Waals surface area contributed by atoms with Crippen LogP contribution in [0.2, 0.25) is 0 Å². The topological polar surface area (TPSA) is 29.3 Å². The van der Waals surface area contributed by atoms with E-state index in [9.17, 15) is 0 Å². The van der Waals surface area contributed by atoms with E-state index in [0.717, 1.165) is 25.9 Å². The Hall–Kier alpha value is -1.80. The minimum absolute atomic E-state index is 0.623. The molecule has 0 aromatic heterocycles. The minimum atomic E-state index is 0.623. The van der Waals surface area contributed by atoms with Gasteiger partial charge in [0.1, 0.15) is 0 Å². The Morgan fingerprint density at radius 2 is 1.65 bits per heavy atom. The number of hydrogen-bond acceptors (Lipinski definition) is 2. The van der Waals surface area contributed by atoms with Crippen LogP contribution < -0.4 is 10.6 Å². The van der Waals surface area contributed by atoms with E-state index in [0.29, 0.717) is 6.54 Å². The number of hydrogen-bond donors (Lipinski definition) is 1. The molecule has 1 aliphatic rings. The lowest BCUT2D eigenvalue weighted by atomic mass is 10.0. The first-order chi connectivity index (χ1) is 9.78. The Morgan fingerprint density at radius 1 is 1.00 bits per heavy atom. The van der Waals surface area contributed by atoms with Crippen LogP contribution in [0, 0.1) is 6.92 Å². The summed E-state index contributed by atoms with van der Waals surface area (Å²) in [5.41, 5.74) is 12.6. The standard InChI is InChI=1S/C18H22N2/c1-14-12-18(7-6-17(14)13-19)20-10-8-15-4-2-3-5-16(15)9-11-20/h2-7,12H,8-11,13,19H2,1H3. The molecule has 104 valence electrons. The fourth-order valence-corrected chi connectivity index (χ4v) is 3.03. The van der Waals surface area contributed by atoms with Crippen molar-refractivity contribution in [2.24, 2.45) is 5.73 Å². The van der Waals surface area contributed by atoms with Gasteiger partial charge in [-0.25, -0.2) is 0 Å². The smallest absolute Gasteiger partial charge is 0.0369 e. The highest BCUT2D eigenvalue weighted by atomic mass is 15.1. The van der Waals surface area contributed by atoms with E-state index in [-0.39, 0.29) is 0 Å². The molecule has 0 atom stereocenters. The molecule has 3 rings (SSSR count). The number of fused-ring (bicyclic) bond motifs is 1. The van der Waals surface area contributed by atoms with Crippen LogP contribution in [-0.2, 0) is 19.4 Å². The normalized spacial score (nSPS) is 14.8. The summed E-state index contributed by atoms with van der Waals surface area (Å²) >= 11 is 0. The zero-order chi connectivity index (χ0) is 13.9. The van der Waals surface area contributed by atoms with Gasteiger partial charge in [0, 0.05) is 25.3 Å². The quantitative estimate of drug-likeness (QED) is 0.905. The molecule has 1 aliphatic heterocycles. The van der Waals surface area contributed by atoms with Gasteiger partial charge in [-0.3, -0.25) is 0 Å². The van der Waals surface area contributed by atoms with Gasteiger partial charge >= 0.3 is 0 Å². The summed E-state index contributed by atoms with van der Waals surface area (Å²) in [6.07, 6.45) is 2.27. The van der Waals surface area contributed by atoms with Gasteiger partial charge in [0.05, 0.1) is 0 Å². The van der Waals surface area contributed by atoms with Crippen molar-refractivity contribution in [3.63, 3.8) is 0 Å². The molecule has 0 spiro atoms. The molecule has 0 saturated heterocycles. The van der Waals surface area contributed by atoms with E-state index in [1.165, 1.54) is 27.9 Å². The van der Waals surface area contributed by atoms with E-state index in [4.69, 9.17) is 5.73 Å². The molecular weight excluding hydrogens is 244 g/mol. The fourth-order valence-electron chi connectivity index (χ4n) is 3.03. The number of benzene rings is 2. The van der Waals surface area contributed by atoms with Crippen LogP contribution in [-0.4, -0.2) is 13.1 Å². The molecule has 2 aromatic rings. The highest BCUT2D eigenvalue weighted by Gasteiger charge is 2.14. The van der Waals surface area contributed by atoms with Gasteiger partial charge < -0.3 is 10.6 Å². The van der Waals surface area contributed by atoms with Crippen molar-refractivity contribution in [2.75, 3.05) is 18.0 Å². The Kier molecular flexibility index (Phi) is 3.75. The fraction of sp³-hybridized carbons (Fsp3) is 0.333. The third-order valence-corrected chi connectivity index (χ3v) is 4.33. The molecule has 0 bridgehead atoms. The summed E-state index contributed by atoms with van der Waals surface area (Å²) in [6.45, 7) is 4.96. The van der Waals surface area contributed by atoms with Gasteiger partial charge in [-0.2, -0.15) is 0 Å². The lowest BCUT2D eigenvalue weighted by Crippen LogP contribution is -2.26. The number of aryl methyl sites for hydroxylation is 1. The average molecular weight is 266 g/mol. The van der Waals surface area contributed by atoms with Gasteiger partial charge in [0.15, 0.2) is 0 Å². The lowest BCUT2D eigenvalue weighted by Gasteiger charge is -2.23. The van der Waals surface area contributed by atoms with E-state index in [2.05, 4.69) is 54.3 Å². The first-order valence-electron chi connectivity index (χ1n) is 7.39. The Balaban J connectivity index is 1.81. The van der Waals surface area contributed by atoms with Gasteiger partial charge in [-0.15, -0.1) is 0 Å². The number of rotatable bonds is 2. The van der Waals surface area contributed by atoms with E-state index in [1.807, 2.05) is 0 Å². The van der Waals surface area contributed by atoms with Crippen LogP contribution >= 0.6 is 0 Å². The summed E-state index contributed by atoms with van der Waals surface area (Å²) in [5.74, 6) is 0. The first kappa shape index (κ1) is 13.2. The third-order valence-electron chi connectivity index (χ3n) is 4.33. The molecule has 1 heterocycles. The maximum absolute atomic E-state index is 5.75. The van der Waals surface area contributed by atoms with Crippen LogP contribution in [0.15, 0.2) is 42.5 Å². The molecule has 0 fully saturated rings. The summed E-state index contributed by atoms with van der Waals surface area (Å²) in [5, 5.41) is 0. The van der Waals surface area contributed by atoms with Gasteiger partial charge in [0.25, 0.3) is 0 Å². The zero-order valence-electron chi connectivity index (χ0n) is 12.1. The second-order valence-corrected chi connectivity index (χ2v) is 5.57. The third kappa shape index (κ3) is 2.56. The molecule has 0 unspecified atom stereocenters. The van der Waals surface area contributed by atoms with Crippen molar-refractivity contribution in [2.45, 2.75) is 26.3 Å². The SMILES string of the molecule is Cc1cc(N2CCc3ccccc3CC2)ccc1CN. The first-order valence-corrected chi connectivity index (χ1v) is 7.39. The maximum Gasteiger partial charge on any atom is 0.0369 e. The van der Waals surface area contributed by atoms with Crippen LogP contribution in [0.4, 0.5) is 5.69 Å². The second-order valence-electron chi connectivity index (χ2n) is 5.57. The molecule has 2 aromatic carbocycles. The highest BCUT2D eigenvalue weighted by molar-refractivity contribution is 5.52. The van der Waals surface area contributed by atoms with Gasteiger partial charge in [-0.05, 0) is 54.2 Å². The summed E-state index contributed by atoms with van der Waals surface area (Å²) < 4.78 is 0. The molecule has 0 saturated carbocycles. The molecule has 2 nitrogen and oxygen atoms in total. The molecule has 0 amide bonds. The predicted molar refractivity (Wildman–Crippen MR) is 85.1 cm³/mol. The second kappa shape index (κ2) is 5.68. The Morgan fingerprint density at radius 3 is 2.20 bits per heavy atom. The van der Waals surface area contributed by atoms with Crippen LogP contribution in [0.3, 0.4) is 0 Å². The predicted octanol–water partition coefficient (Wildman–Crippen LogP) is 3.06. The molecule has 2 heteroatoms. The maximum atomic E-state index is 5.75. The Bertz CT molecular complexity index is 577. The van der Waals surface area contributed by atoms with E-state index >= 15 is 0 Å². The highest BCUT2D eigenvalue weighted by Crippen LogP contribution is 2.23. The molecule has 20 heavy (non-hydrogen) atoms. The largest absolute Gasteiger partial charge is 0.371 e. The van der Waals surface area contributed by atoms with Crippen LogP contribution in [0.25, 0.3) is 0 Å². The van der Waals surface area contributed by atoms with E-state index < -0.39 is 0 Å². The van der Waals surface area contributed by atoms with Gasteiger partial charge in [-0.1, -0.05) is 30.3 Å². The van der Waals surface area contributed by atoms with Crippen molar-refractivity contribution >= 4 is 5.69 Å². The van der Waals surface area contributed by atoms with Crippen molar-refractivity contribution in [3.8, 4) is 0 Å². The Labute approximate surface area is 121 Å². The van der Waals surface area contributed by atoms with Crippen molar-refractivity contribution in [1.29, 1.82) is 0 Å². The average Bonchev–Trinajstić information content (AvgIpc) is 2.70. The number of nitrogens with zero attached hydrogens (tertiary/aromatic N) is 1. The molecular formula is C18H22N2. The lowest BCUT2D eigenvalue weighted by molar-refractivity contribution is 0.804. The van der Waals surface area contributed by atoms with Gasteiger partial charge in [0.2, 0.25) is 0 Å². The van der Waals surface area contributed by atoms with Crippen molar-refractivity contribution in [3.05, 3.63) is 64.7 Å². The monoisotopic (exact) mass is 266 g/mol. The van der Waals surface area contributed by atoms with Crippen LogP contribution in [0.5, 0.6) is 0 Å².